The van der Waals surface area contributed by atoms with E-state index in [1.165, 1.54) is 41.8 Å². The van der Waals surface area contributed by atoms with E-state index in [-0.39, 0.29) is 45.4 Å². The van der Waals surface area contributed by atoms with Gasteiger partial charge in [0.05, 0.1) is 21.3 Å². The van der Waals surface area contributed by atoms with Crippen LogP contribution in [0.3, 0.4) is 0 Å². The minimum Gasteiger partial charge on any atom is -0.493 e. The molecule has 0 atom stereocenters. The number of rotatable bonds is 14. The van der Waals surface area contributed by atoms with Crippen molar-refractivity contribution in [3.63, 3.8) is 0 Å². The van der Waals surface area contributed by atoms with Crippen LogP contribution in [0.5, 0.6) is 17.2 Å². The smallest absolute Gasteiger partial charge is 0.332 e. The molecule has 3 aromatic rings. The molecule has 0 aliphatic rings. The Kier molecular flexibility index (Phi) is 10.6. The van der Waals surface area contributed by atoms with Crippen LogP contribution in [0, 0.1) is 0 Å². The summed E-state index contributed by atoms with van der Waals surface area (Å²) in [4.78, 5) is 32.9. The third-order valence-corrected chi connectivity index (χ3v) is 8.87. The number of hydrogen-bond donors (Lipinski definition) is 0. The second-order valence-electron chi connectivity index (χ2n) is 10.1. The highest BCUT2D eigenvalue weighted by Gasteiger charge is 2.32. The van der Waals surface area contributed by atoms with Crippen molar-refractivity contribution >= 4 is 33.3 Å². The number of likely N-dealkylation sites (N-methyl/N-ethyl adjacent to an activating group) is 2. The van der Waals surface area contributed by atoms with Crippen molar-refractivity contribution in [2.45, 2.75) is 44.7 Å². The average molecular weight is 607 g/mol. The van der Waals surface area contributed by atoms with Crippen LogP contribution in [-0.4, -0.2) is 91.9 Å². The number of nitrogens with zero attached hydrogens (tertiary/aromatic N) is 6. The first kappa shape index (κ1) is 32.9. The molecule has 14 heteroatoms. The monoisotopic (exact) mass is 606 g/mol. The molecule has 2 aromatic heterocycles. The molecule has 0 saturated heterocycles. The van der Waals surface area contributed by atoms with Gasteiger partial charge in [-0.25, -0.2) is 18.2 Å². The first-order chi connectivity index (χ1) is 19.9. The van der Waals surface area contributed by atoms with Crippen molar-refractivity contribution in [3.05, 3.63) is 38.3 Å². The van der Waals surface area contributed by atoms with Crippen LogP contribution in [0.25, 0.3) is 23.3 Å². The van der Waals surface area contributed by atoms with Gasteiger partial charge in [-0.3, -0.25) is 13.9 Å². The molecular weight excluding hydrogens is 564 g/mol. The van der Waals surface area contributed by atoms with Gasteiger partial charge in [-0.1, -0.05) is 13.8 Å². The predicted molar refractivity (Wildman–Crippen MR) is 163 cm³/mol. The van der Waals surface area contributed by atoms with Gasteiger partial charge in [0.15, 0.2) is 22.7 Å². The largest absolute Gasteiger partial charge is 0.493 e. The molecule has 0 aliphatic heterocycles. The molecule has 0 N–H and O–H groups in total. The Labute approximate surface area is 246 Å². The maximum atomic E-state index is 13.9. The number of methoxy groups -OCH3 is 3. The minimum absolute atomic E-state index is 0.00237. The Morgan fingerprint density at radius 1 is 0.905 bits per heavy atom. The van der Waals surface area contributed by atoms with Gasteiger partial charge < -0.3 is 23.7 Å². The van der Waals surface area contributed by atoms with Gasteiger partial charge in [-0.2, -0.15) is 4.31 Å². The van der Waals surface area contributed by atoms with Crippen LogP contribution in [0.15, 0.2) is 20.6 Å². The van der Waals surface area contributed by atoms with E-state index in [4.69, 9.17) is 14.2 Å². The average Bonchev–Trinajstić information content (AvgIpc) is 3.29. The molecule has 0 saturated carbocycles. The molecule has 0 unspecified atom stereocenters. The summed E-state index contributed by atoms with van der Waals surface area (Å²) in [7, 11) is 7.06. The van der Waals surface area contributed by atoms with Crippen LogP contribution < -0.4 is 25.5 Å². The number of benzene rings is 1. The molecule has 13 nitrogen and oxygen atoms in total. The summed E-state index contributed by atoms with van der Waals surface area (Å²) in [6.07, 6.45) is 4.48. The fraction of sp³-hybridized carbons (Fsp3) is 0.536. The van der Waals surface area contributed by atoms with E-state index in [9.17, 15) is 18.0 Å². The van der Waals surface area contributed by atoms with E-state index in [2.05, 4.69) is 4.98 Å². The maximum absolute atomic E-state index is 13.9. The highest BCUT2D eigenvalue weighted by molar-refractivity contribution is 7.89. The SMILES string of the molecule is CCCn1c(=O)c2c(nc(C=Cc3cc(OC)c(OC)c(OC)c3S(=O)(=O)N(C)CCN(C)C)n2C)n(CCC)c1=O. The molecule has 0 spiro atoms. The van der Waals surface area contributed by atoms with E-state index in [0.717, 1.165) is 0 Å². The lowest BCUT2D eigenvalue weighted by atomic mass is 10.1. The molecule has 0 radical (unpaired) electrons. The number of sulfonamides is 1. The summed E-state index contributed by atoms with van der Waals surface area (Å²) in [5.41, 5.74) is 0.0171. The fourth-order valence-corrected chi connectivity index (χ4v) is 6.16. The van der Waals surface area contributed by atoms with Gasteiger partial charge in [0.1, 0.15) is 10.7 Å². The molecule has 0 aliphatic carbocycles. The first-order valence-electron chi connectivity index (χ1n) is 13.7. The minimum atomic E-state index is -4.07. The highest BCUT2D eigenvalue weighted by atomic mass is 32.2. The fourth-order valence-electron chi connectivity index (χ4n) is 4.69. The second-order valence-corrected chi connectivity index (χ2v) is 12.1. The van der Waals surface area contributed by atoms with Gasteiger partial charge >= 0.3 is 5.69 Å². The maximum Gasteiger partial charge on any atom is 0.332 e. The number of fused-ring (bicyclic) bond motifs is 1. The Bertz CT molecular complexity index is 1690. The zero-order chi connectivity index (χ0) is 31.4. The number of aromatic nitrogens is 4. The summed E-state index contributed by atoms with van der Waals surface area (Å²) in [5, 5.41) is 0. The Morgan fingerprint density at radius 2 is 1.52 bits per heavy atom. The molecule has 42 heavy (non-hydrogen) atoms. The van der Waals surface area contributed by atoms with Crippen molar-refractivity contribution in [2.75, 3.05) is 55.6 Å². The lowest BCUT2D eigenvalue weighted by Gasteiger charge is -2.23. The molecule has 0 fully saturated rings. The lowest BCUT2D eigenvalue weighted by Crippen LogP contribution is -2.40. The van der Waals surface area contributed by atoms with Crippen LogP contribution >= 0.6 is 0 Å². The quantitative estimate of drug-likeness (QED) is 0.271. The third-order valence-electron chi connectivity index (χ3n) is 6.93. The van der Waals surface area contributed by atoms with Crippen molar-refractivity contribution in [2.24, 2.45) is 7.05 Å². The van der Waals surface area contributed by atoms with Crippen LogP contribution in [0.4, 0.5) is 0 Å². The Morgan fingerprint density at radius 3 is 2.07 bits per heavy atom. The van der Waals surface area contributed by atoms with Gasteiger partial charge in [-0.15, -0.1) is 0 Å². The Balaban J connectivity index is 2.31. The molecule has 1 aromatic carbocycles. The lowest BCUT2D eigenvalue weighted by molar-refractivity contribution is 0.316. The predicted octanol–water partition coefficient (Wildman–Crippen LogP) is 2.10. The van der Waals surface area contributed by atoms with E-state index < -0.39 is 21.3 Å². The van der Waals surface area contributed by atoms with Gasteiger partial charge in [0, 0.05) is 45.8 Å². The molecular formula is C28H42N6O7S. The van der Waals surface area contributed by atoms with Crippen molar-refractivity contribution in [3.8, 4) is 17.2 Å². The zero-order valence-corrected chi connectivity index (χ0v) is 26.7. The molecule has 232 valence electrons. The van der Waals surface area contributed by atoms with Crippen LogP contribution in [-0.2, 0) is 30.2 Å². The Hall–Kier alpha value is -3.62. The molecule has 2 heterocycles. The van der Waals surface area contributed by atoms with Crippen molar-refractivity contribution in [1.29, 1.82) is 0 Å². The van der Waals surface area contributed by atoms with Gasteiger partial charge in [0.25, 0.3) is 5.56 Å². The number of aryl methyl sites for hydroxylation is 2. The number of imidazole rings is 1. The van der Waals surface area contributed by atoms with E-state index in [1.54, 1.807) is 29.8 Å². The first-order valence-corrected chi connectivity index (χ1v) is 15.2. The summed E-state index contributed by atoms with van der Waals surface area (Å²) in [6.45, 7) is 5.28. The number of hydrogen-bond acceptors (Lipinski definition) is 9. The van der Waals surface area contributed by atoms with Gasteiger partial charge in [-0.05, 0) is 45.2 Å². The summed E-state index contributed by atoms with van der Waals surface area (Å²) < 4.78 is 50.0. The summed E-state index contributed by atoms with van der Waals surface area (Å²) >= 11 is 0. The number of ether oxygens (including phenoxy) is 3. The highest BCUT2D eigenvalue weighted by Crippen LogP contribution is 2.45. The van der Waals surface area contributed by atoms with E-state index in [1.807, 2.05) is 32.8 Å². The summed E-state index contributed by atoms with van der Waals surface area (Å²) in [6, 6.07) is 1.55. The topological polar surface area (TPSA) is 130 Å². The van der Waals surface area contributed by atoms with Crippen molar-refractivity contribution < 1.29 is 22.6 Å². The standard InChI is InChI=1S/C28H42N6O7S/c1-10-14-33-26-22(27(35)34(15-11-2)28(33)36)32(6)21(29-26)13-12-19-18-20(39-7)23(40-8)24(41-9)25(19)42(37,38)31(5)17-16-30(3)4/h12-13,18H,10-11,14-17H2,1-9H3. The second kappa shape index (κ2) is 13.6. The van der Waals surface area contributed by atoms with Crippen LogP contribution in [0.1, 0.15) is 38.1 Å². The molecule has 3 rings (SSSR count). The zero-order valence-electron chi connectivity index (χ0n) is 25.9. The van der Waals surface area contributed by atoms with E-state index >= 15 is 0 Å². The van der Waals surface area contributed by atoms with Crippen molar-refractivity contribution in [1.82, 2.24) is 27.9 Å². The van der Waals surface area contributed by atoms with Crippen LogP contribution in [0.2, 0.25) is 0 Å². The van der Waals surface area contributed by atoms with E-state index in [0.29, 0.717) is 38.3 Å². The molecule has 0 bridgehead atoms. The normalized spacial score (nSPS) is 12.3. The summed E-state index contributed by atoms with van der Waals surface area (Å²) in [5.74, 6) is 0.767. The van der Waals surface area contributed by atoms with Gasteiger partial charge in [0.2, 0.25) is 15.8 Å². The molecule has 0 amide bonds. The third kappa shape index (κ3) is 6.10.